The molecule has 0 rings (SSSR count). The van der Waals surface area contributed by atoms with Crippen LogP contribution in [0.15, 0.2) is 0 Å². The van der Waals surface area contributed by atoms with Crippen LogP contribution in [0.5, 0.6) is 0 Å². The molecule has 90 valence electrons. The molecule has 0 saturated heterocycles. The summed E-state index contributed by atoms with van der Waals surface area (Å²) in [5, 5.41) is 2.79. The molecule has 15 heavy (non-hydrogen) atoms. The first-order valence-electron chi connectivity index (χ1n) is 5.24. The van der Waals surface area contributed by atoms with E-state index >= 15 is 0 Å². The summed E-state index contributed by atoms with van der Waals surface area (Å²) in [7, 11) is 1.62. The van der Waals surface area contributed by atoms with Gasteiger partial charge in [0.15, 0.2) is 0 Å². The molecular formula is C11H23NO3. The summed E-state index contributed by atoms with van der Waals surface area (Å²) in [6.45, 7) is 10.1. The van der Waals surface area contributed by atoms with Gasteiger partial charge in [-0.25, -0.2) is 4.79 Å². The normalized spacial score (nSPS) is 13.8. The standard InChI is InChI=1S/C11H23NO3/c1-8(2)9(7-14-6)12-10(13)15-11(3,4)5/h8-9H,7H2,1-6H3,(H,12,13)/t9-/m0/s1. The van der Waals surface area contributed by atoms with Gasteiger partial charge in [-0.1, -0.05) is 13.8 Å². The molecular weight excluding hydrogens is 194 g/mol. The van der Waals surface area contributed by atoms with Gasteiger partial charge in [-0.15, -0.1) is 0 Å². The lowest BCUT2D eigenvalue weighted by atomic mass is 10.1. The van der Waals surface area contributed by atoms with Crippen molar-refractivity contribution in [2.24, 2.45) is 5.92 Å². The molecule has 0 aromatic heterocycles. The van der Waals surface area contributed by atoms with E-state index in [0.717, 1.165) is 0 Å². The average Bonchev–Trinajstić information content (AvgIpc) is 1.99. The zero-order valence-corrected chi connectivity index (χ0v) is 10.6. The Morgan fingerprint density at radius 1 is 1.33 bits per heavy atom. The molecule has 0 radical (unpaired) electrons. The third kappa shape index (κ3) is 7.19. The van der Waals surface area contributed by atoms with Crippen molar-refractivity contribution >= 4 is 6.09 Å². The van der Waals surface area contributed by atoms with Gasteiger partial charge in [0, 0.05) is 7.11 Å². The topological polar surface area (TPSA) is 47.6 Å². The molecule has 0 aliphatic heterocycles. The van der Waals surface area contributed by atoms with E-state index in [0.29, 0.717) is 12.5 Å². The number of hydrogen-bond donors (Lipinski definition) is 1. The van der Waals surface area contributed by atoms with E-state index in [4.69, 9.17) is 9.47 Å². The van der Waals surface area contributed by atoms with E-state index in [-0.39, 0.29) is 6.04 Å². The maximum atomic E-state index is 11.5. The number of hydrogen-bond acceptors (Lipinski definition) is 3. The highest BCUT2D eigenvalue weighted by Crippen LogP contribution is 2.08. The van der Waals surface area contributed by atoms with Gasteiger partial charge < -0.3 is 14.8 Å². The van der Waals surface area contributed by atoms with Crippen molar-refractivity contribution in [1.29, 1.82) is 0 Å². The average molecular weight is 217 g/mol. The Kier molecular flexibility index (Phi) is 5.65. The van der Waals surface area contributed by atoms with Crippen molar-refractivity contribution in [3.05, 3.63) is 0 Å². The predicted molar refractivity (Wildman–Crippen MR) is 59.9 cm³/mol. The number of alkyl carbamates (subject to hydrolysis) is 1. The fourth-order valence-electron chi connectivity index (χ4n) is 1.04. The third-order valence-electron chi connectivity index (χ3n) is 1.85. The number of methoxy groups -OCH3 is 1. The van der Waals surface area contributed by atoms with Crippen LogP contribution in [0.1, 0.15) is 34.6 Å². The molecule has 0 saturated carbocycles. The van der Waals surface area contributed by atoms with Crippen molar-refractivity contribution in [3.63, 3.8) is 0 Å². The van der Waals surface area contributed by atoms with E-state index in [2.05, 4.69) is 5.32 Å². The van der Waals surface area contributed by atoms with Crippen molar-refractivity contribution in [1.82, 2.24) is 5.32 Å². The van der Waals surface area contributed by atoms with Crippen LogP contribution < -0.4 is 5.32 Å². The van der Waals surface area contributed by atoms with Crippen molar-refractivity contribution in [2.45, 2.75) is 46.3 Å². The van der Waals surface area contributed by atoms with E-state index in [1.807, 2.05) is 34.6 Å². The predicted octanol–water partition coefficient (Wildman–Crippen LogP) is 2.18. The second kappa shape index (κ2) is 5.95. The minimum Gasteiger partial charge on any atom is -0.444 e. The molecule has 1 amide bonds. The van der Waals surface area contributed by atoms with Gasteiger partial charge in [0.05, 0.1) is 12.6 Å². The number of nitrogens with one attached hydrogen (secondary N) is 1. The molecule has 0 aromatic rings. The monoisotopic (exact) mass is 217 g/mol. The van der Waals surface area contributed by atoms with Crippen LogP contribution in [0.25, 0.3) is 0 Å². The Hall–Kier alpha value is -0.770. The summed E-state index contributed by atoms with van der Waals surface area (Å²) in [5.41, 5.74) is -0.460. The molecule has 0 unspecified atom stereocenters. The minimum atomic E-state index is -0.460. The van der Waals surface area contributed by atoms with Crippen molar-refractivity contribution < 1.29 is 14.3 Å². The number of ether oxygens (including phenoxy) is 2. The quantitative estimate of drug-likeness (QED) is 0.785. The highest BCUT2D eigenvalue weighted by molar-refractivity contribution is 5.68. The molecule has 0 spiro atoms. The Balaban J connectivity index is 4.11. The Morgan fingerprint density at radius 2 is 1.87 bits per heavy atom. The van der Waals surface area contributed by atoms with Gasteiger partial charge in [-0.05, 0) is 26.7 Å². The van der Waals surface area contributed by atoms with Crippen LogP contribution in [-0.4, -0.2) is 31.5 Å². The second-order valence-corrected chi connectivity index (χ2v) is 4.95. The maximum Gasteiger partial charge on any atom is 0.407 e. The van der Waals surface area contributed by atoms with Gasteiger partial charge in [-0.2, -0.15) is 0 Å². The van der Waals surface area contributed by atoms with Crippen LogP contribution in [-0.2, 0) is 9.47 Å². The molecule has 1 N–H and O–H groups in total. The van der Waals surface area contributed by atoms with Crippen LogP contribution in [0, 0.1) is 5.92 Å². The highest BCUT2D eigenvalue weighted by atomic mass is 16.6. The smallest absolute Gasteiger partial charge is 0.407 e. The summed E-state index contributed by atoms with van der Waals surface area (Å²) in [5.74, 6) is 0.317. The first-order valence-corrected chi connectivity index (χ1v) is 5.24. The number of carbonyl (C=O) groups is 1. The molecule has 0 aliphatic rings. The van der Waals surface area contributed by atoms with Crippen LogP contribution in [0.3, 0.4) is 0 Å². The lowest BCUT2D eigenvalue weighted by molar-refractivity contribution is 0.0443. The largest absolute Gasteiger partial charge is 0.444 e. The van der Waals surface area contributed by atoms with Gasteiger partial charge >= 0.3 is 6.09 Å². The highest BCUT2D eigenvalue weighted by Gasteiger charge is 2.21. The lowest BCUT2D eigenvalue weighted by Crippen LogP contribution is -2.44. The van der Waals surface area contributed by atoms with E-state index in [1.165, 1.54) is 0 Å². The van der Waals surface area contributed by atoms with E-state index < -0.39 is 11.7 Å². The van der Waals surface area contributed by atoms with Crippen LogP contribution >= 0.6 is 0 Å². The van der Waals surface area contributed by atoms with Gasteiger partial charge in [-0.3, -0.25) is 0 Å². The van der Waals surface area contributed by atoms with Crippen LogP contribution in [0.2, 0.25) is 0 Å². The fraction of sp³-hybridized carbons (Fsp3) is 0.909. The van der Waals surface area contributed by atoms with Crippen LogP contribution in [0.4, 0.5) is 4.79 Å². The Labute approximate surface area is 92.3 Å². The number of rotatable bonds is 4. The van der Waals surface area contributed by atoms with Crippen molar-refractivity contribution in [3.8, 4) is 0 Å². The van der Waals surface area contributed by atoms with Gasteiger partial charge in [0.2, 0.25) is 0 Å². The minimum absolute atomic E-state index is 0.00940. The lowest BCUT2D eigenvalue weighted by Gasteiger charge is -2.25. The van der Waals surface area contributed by atoms with E-state index in [9.17, 15) is 4.79 Å². The second-order valence-electron chi connectivity index (χ2n) is 4.95. The zero-order chi connectivity index (χ0) is 12.1. The first-order chi connectivity index (χ1) is 6.76. The van der Waals surface area contributed by atoms with E-state index in [1.54, 1.807) is 7.11 Å². The molecule has 1 atom stereocenters. The molecule has 0 bridgehead atoms. The van der Waals surface area contributed by atoms with Crippen molar-refractivity contribution in [2.75, 3.05) is 13.7 Å². The number of amides is 1. The summed E-state index contributed by atoms with van der Waals surface area (Å²) in [6.07, 6.45) is -0.391. The molecule has 4 nitrogen and oxygen atoms in total. The summed E-state index contributed by atoms with van der Waals surface area (Å²) in [6, 6.07) is -0.00940. The molecule has 0 fully saturated rings. The van der Waals surface area contributed by atoms with Gasteiger partial charge in [0.25, 0.3) is 0 Å². The SMILES string of the molecule is COC[C@H](NC(=O)OC(C)(C)C)C(C)C. The first kappa shape index (κ1) is 14.2. The Morgan fingerprint density at radius 3 is 2.20 bits per heavy atom. The summed E-state index contributed by atoms with van der Waals surface area (Å²) >= 11 is 0. The van der Waals surface area contributed by atoms with Gasteiger partial charge in [0.1, 0.15) is 5.60 Å². The molecule has 4 heteroatoms. The Bertz CT molecular complexity index is 196. The molecule has 0 aromatic carbocycles. The maximum absolute atomic E-state index is 11.5. The zero-order valence-electron chi connectivity index (χ0n) is 10.6. The number of carbonyl (C=O) groups excluding carboxylic acids is 1. The summed E-state index contributed by atoms with van der Waals surface area (Å²) < 4.78 is 10.2. The fourth-order valence-corrected chi connectivity index (χ4v) is 1.04. The molecule has 0 heterocycles. The summed E-state index contributed by atoms with van der Waals surface area (Å²) in [4.78, 5) is 11.5. The molecule has 0 aliphatic carbocycles. The third-order valence-corrected chi connectivity index (χ3v) is 1.85.